The monoisotopic (exact) mass is 868 g/mol. The third-order valence-electron chi connectivity index (χ3n) is 9.39. The van der Waals surface area contributed by atoms with Gasteiger partial charge in [0.05, 0.1) is 49.6 Å². The average molecular weight is 869 g/mol. The van der Waals surface area contributed by atoms with Crippen molar-refractivity contribution >= 4 is 29.4 Å². The molecule has 1 aliphatic rings. The van der Waals surface area contributed by atoms with Crippen molar-refractivity contribution in [1.82, 2.24) is 10.6 Å². The van der Waals surface area contributed by atoms with E-state index in [1.807, 2.05) is 0 Å². The molecule has 1 fully saturated rings. The molecule has 2 aromatic rings. The lowest BCUT2D eigenvalue weighted by Crippen LogP contribution is -2.67. The smallest absolute Gasteiger partial charge is 0.416 e. The molecule has 1 aliphatic heterocycles. The summed E-state index contributed by atoms with van der Waals surface area (Å²) in [5.41, 5.74) is -2.56. The standard InChI is InChI=1S/C39H54F6N4O11/c1-2-3-4-5-6-7-8-9-16-32(54)49-34-31(20-51)57-22-28(48-36(55)46-26-14-10-12-24(17-26)38(40,41)42)35(34)60-33(21-52)59-30(19-50)29(53)23-58-37(56)47-27-15-11-13-25(18-27)39(43,44)45/h10-15,17-18,28-31,33-35,50-53H,2-9,16,19-23H2,1H3,(H,47,56)(H,49,54)(H2,46,48,55)/t28?,29-,30?,31?,33-,34+,35?/m1/s1. The van der Waals surface area contributed by atoms with E-state index in [2.05, 4.69) is 28.2 Å². The highest BCUT2D eigenvalue weighted by molar-refractivity contribution is 5.89. The Morgan fingerprint density at radius 3 is 1.95 bits per heavy atom. The number of carbonyl (C=O) groups excluding carboxylic acids is 3. The van der Waals surface area contributed by atoms with E-state index in [1.54, 1.807) is 0 Å². The minimum absolute atomic E-state index is 0.0739. The second-order valence-electron chi connectivity index (χ2n) is 14.1. The highest BCUT2D eigenvalue weighted by Crippen LogP contribution is 2.32. The van der Waals surface area contributed by atoms with Crippen LogP contribution in [0.4, 0.5) is 47.3 Å². The summed E-state index contributed by atoms with van der Waals surface area (Å²) in [6.07, 6.45) is -10.6. The number of aliphatic hydroxyl groups is 4. The fourth-order valence-electron chi connectivity index (χ4n) is 6.26. The van der Waals surface area contributed by atoms with Crippen LogP contribution in [-0.2, 0) is 36.1 Å². The first-order valence-electron chi connectivity index (χ1n) is 19.6. The summed E-state index contributed by atoms with van der Waals surface area (Å²) < 4.78 is 101. The van der Waals surface area contributed by atoms with Gasteiger partial charge in [-0.3, -0.25) is 10.1 Å². The minimum atomic E-state index is -4.70. The van der Waals surface area contributed by atoms with Crippen molar-refractivity contribution in [2.24, 2.45) is 0 Å². The van der Waals surface area contributed by atoms with Crippen LogP contribution in [0, 0.1) is 0 Å². The van der Waals surface area contributed by atoms with Crippen LogP contribution in [-0.4, -0.2) is 114 Å². The predicted molar refractivity (Wildman–Crippen MR) is 203 cm³/mol. The average Bonchev–Trinajstić information content (AvgIpc) is 3.20. The Bertz CT molecular complexity index is 1620. The van der Waals surface area contributed by atoms with Crippen molar-refractivity contribution in [1.29, 1.82) is 0 Å². The van der Waals surface area contributed by atoms with E-state index in [0.717, 1.165) is 75.3 Å². The fourth-order valence-corrected chi connectivity index (χ4v) is 6.26. The number of nitrogens with one attached hydrogen (secondary N) is 4. The molecule has 0 bridgehead atoms. The van der Waals surface area contributed by atoms with E-state index in [9.17, 15) is 61.2 Å². The Labute approximate surface area is 343 Å². The lowest BCUT2D eigenvalue weighted by Gasteiger charge is -2.43. The highest BCUT2D eigenvalue weighted by Gasteiger charge is 2.44. The van der Waals surface area contributed by atoms with Gasteiger partial charge in [-0.05, 0) is 42.8 Å². The summed E-state index contributed by atoms with van der Waals surface area (Å²) in [5.74, 6) is -0.471. The molecule has 4 amide bonds. The largest absolute Gasteiger partial charge is 0.446 e. The van der Waals surface area contributed by atoms with E-state index < -0.39 is 111 Å². The van der Waals surface area contributed by atoms with E-state index >= 15 is 0 Å². The summed E-state index contributed by atoms with van der Waals surface area (Å²) >= 11 is 0. The second kappa shape index (κ2) is 24.9. The van der Waals surface area contributed by atoms with E-state index in [1.165, 1.54) is 6.07 Å². The number of rotatable bonds is 23. The van der Waals surface area contributed by atoms with Crippen LogP contribution in [0.1, 0.15) is 75.8 Å². The molecule has 2 aromatic carbocycles. The Balaban J connectivity index is 1.74. The van der Waals surface area contributed by atoms with Gasteiger partial charge in [0, 0.05) is 17.8 Å². The number of ether oxygens (including phenoxy) is 4. The predicted octanol–water partition coefficient (Wildman–Crippen LogP) is 5.31. The summed E-state index contributed by atoms with van der Waals surface area (Å²) in [5, 5.41) is 50.8. The number of hydrogen-bond donors (Lipinski definition) is 8. The Hall–Kier alpha value is -4.25. The van der Waals surface area contributed by atoms with Crippen molar-refractivity contribution in [2.45, 2.75) is 120 Å². The van der Waals surface area contributed by atoms with Crippen molar-refractivity contribution in [3.05, 3.63) is 59.7 Å². The second-order valence-corrected chi connectivity index (χ2v) is 14.1. The number of urea groups is 1. The van der Waals surface area contributed by atoms with E-state index in [-0.39, 0.29) is 24.4 Å². The normalized spacial score (nSPS) is 19.8. The number of hydrogen-bond acceptors (Lipinski definition) is 11. The van der Waals surface area contributed by atoms with Gasteiger partial charge in [0.25, 0.3) is 0 Å². The number of alkyl halides is 6. The molecule has 8 N–H and O–H groups in total. The zero-order valence-corrected chi connectivity index (χ0v) is 33.0. The summed E-state index contributed by atoms with van der Waals surface area (Å²) in [7, 11) is 0. The minimum Gasteiger partial charge on any atom is -0.446 e. The Morgan fingerprint density at radius 2 is 1.40 bits per heavy atom. The van der Waals surface area contributed by atoms with Crippen molar-refractivity contribution in [3.8, 4) is 0 Å². The zero-order valence-electron chi connectivity index (χ0n) is 33.0. The number of anilines is 2. The molecule has 0 radical (unpaired) electrons. The number of amides is 4. The maximum atomic E-state index is 13.3. The third-order valence-corrected chi connectivity index (χ3v) is 9.39. The number of carbonyl (C=O) groups is 3. The van der Waals surface area contributed by atoms with Crippen LogP contribution in [0.3, 0.4) is 0 Å². The molecular formula is C39H54F6N4O11. The van der Waals surface area contributed by atoms with Crippen LogP contribution in [0.5, 0.6) is 0 Å². The SMILES string of the molecule is CCCCCCCCCCC(=O)N[C@H]1C(CO)OCC(NC(=O)Nc2cccc(C(F)(F)F)c2)C1O[C@H](CO)OC(CO)[C@H](O)COC(=O)Nc1cccc(C(F)(F)F)c1. The molecule has 0 aliphatic carbocycles. The zero-order chi connectivity index (χ0) is 44.3. The maximum absolute atomic E-state index is 13.3. The molecule has 3 rings (SSSR count). The Morgan fingerprint density at radius 1 is 0.817 bits per heavy atom. The van der Waals surface area contributed by atoms with Gasteiger partial charge in [0.15, 0.2) is 6.29 Å². The van der Waals surface area contributed by atoms with Gasteiger partial charge in [-0.15, -0.1) is 0 Å². The molecule has 0 aromatic heterocycles. The number of halogens is 6. The molecule has 0 saturated carbocycles. The van der Waals surface area contributed by atoms with E-state index in [4.69, 9.17) is 18.9 Å². The van der Waals surface area contributed by atoms with Crippen molar-refractivity contribution < 1.29 is 80.1 Å². The fraction of sp³-hybridized carbons (Fsp3) is 0.615. The first-order chi connectivity index (χ1) is 28.5. The molecule has 7 atom stereocenters. The van der Waals surface area contributed by atoms with Crippen LogP contribution in [0.25, 0.3) is 0 Å². The number of aliphatic hydroxyl groups excluding tert-OH is 4. The van der Waals surface area contributed by atoms with Gasteiger partial charge < -0.3 is 55.3 Å². The molecule has 1 heterocycles. The summed E-state index contributed by atoms with van der Waals surface area (Å²) in [6, 6.07) is 3.98. The molecule has 1 saturated heterocycles. The lowest BCUT2D eigenvalue weighted by atomic mass is 9.94. The quantitative estimate of drug-likeness (QED) is 0.0407. The number of benzene rings is 2. The van der Waals surface area contributed by atoms with Crippen molar-refractivity contribution in [3.63, 3.8) is 0 Å². The highest BCUT2D eigenvalue weighted by atomic mass is 19.4. The first kappa shape index (κ1) is 50.1. The lowest BCUT2D eigenvalue weighted by molar-refractivity contribution is -0.254. The van der Waals surface area contributed by atoms with Crippen LogP contribution >= 0.6 is 0 Å². The molecule has 338 valence electrons. The Kier molecular flexibility index (Phi) is 20.8. The molecule has 21 heteroatoms. The molecule has 4 unspecified atom stereocenters. The van der Waals surface area contributed by atoms with Crippen LogP contribution in [0.15, 0.2) is 48.5 Å². The van der Waals surface area contributed by atoms with Crippen LogP contribution in [0.2, 0.25) is 0 Å². The van der Waals surface area contributed by atoms with Gasteiger partial charge in [0.1, 0.15) is 31.0 Å². The summed E-state index contributed by atoms with van der Waals surface area (Å²) in [6.45, 7) is -1.71. The molecule has 60 heavy (non-hydrogen) atoms. The van der Waals surface area contributed by atoms with Gasteiger partial charge in [-0.2, -0.15) is 26.3 Å². The van der Waals surface area contributed by atoms with Gasteiger partial charge >= 0.3 is 24.5 Å². The molecular weight excluding hydrogens is 814 g/mol. The number of unbranched alkanes of at least 4 members (excludes halogenated alkanes) is 7. The van der Waals surface area contributed by atoms with Crippen LogP contribution < -0.4 is 21.3 Å². The first-order valence-corrected chi connectivity index (χ1v) is 19.6. The third kappa shape index (κ3) is 17.0. The van der Waals surface area contributed by atoms with Gasteiger partial charge in [-0.25, -0.2) is 9.59 Å². The van der Waals surface area contributed by atoms with Gasteiger partial charge in [-0.1, -0.05) is 64.0 Å². The maximum Gasteiger partial charge on any atom is 0.416 e. The topological polar surface area (TPSA) is 217 Å². The van der Waals surface area contributed by atoms with Gasteiger partial charge in [0.2, 0.25) is 5.91 Å². The molecule has 15 nitrogen and oxygen atoms in total. The summed E-state index contributed by atoms with van der Waals surface area (Å²) in [4.78, 5) is 38.6. The molecule has 0 spiro atoms. The van der Waals surface area contributed by atoms with E-state index in [0.29, 0.717) is 18.6 Å². The van der Waals surface area contributed by atoms with Crippen molar-refractivity contribution in [2.75, 3.05) is 43.7 Å².